The van der Waals surface area contributed by atoms with E-state index in [1.54, 1.807) is 12.1 Å². The van der Waals surface area contributed by atoms with Crippen LogP contribution in [0, 0.1) is 6.92 Å². The van der Waals surface area contributed by atoms with Crippen LogP contribution < -0.4 is 11.1 Å². The molecule has 0 spiro atoms. The molecule has 0 radical (unpaired) electrons. The van der Waals surface area contributed by atoms with E-state index in [2.05, 4.69) is 26.2 Å². The molecule has 1 aromatic carbocycles. The van der Waals surface area contributed by atoms with Crippen LogP contribution in [0.1, 0.15) is 16.1 Å². The molecule has 1 amide bonds. The number of carbonyl (C=O) groups excluding carboxylic acids is 1. The van der Waals surface area contributed by atoms with E-state index in [9.17, 15) is 4.79 Å². The molecule has 0 atom stereocenters. The van der Waals surface area contributed by atoms with Crippen LogP contribution >= 0.6 is 27.5 Å². The zero-order chi connectivity index (χ0) is 14.0. The van der Waals surface area contributed by atoms with Gasteiger partial charge in [0.15, 0.2) is 0 Å². The molecule has 98 valence electrons. The SMILES string of the molecule is Cc1ccc(Br)cc1NC(=O)c1nc(N)ccc1Cl. The molecular formula is C13H11BrClN3O. The molecule has 1 aromatic heterocycles. The van der Waals surface area contributed by atoms with Crippen LogP contribution in [-0.2, 0) is 0 Å². The fourth-order valence-electron chi connectivity index (χ4n) is 1.53. The fraction of sp³-hybridized carbons (Fsp3) is 0.0769. The largest absolute Gasteiger partial charge is 0.384 e. The van der Waals surface area contributed by atoms with E-state index in [0.717, 1.165) is 10.0 Å². The summed E-state index contributed by atoms with van der Waals surface area (Å²) in [5.74, 6) is -0.140. The monoisotopic (exact) mass is 339 g/mol. The minimum atomic E-state index is -0.390. The lowest BCUT2D eigenvalue weighted by Gasteiger charge is -2.09. The number of amides is 1. The van der Waals surface area contributed by atoms with E-state index >= 15 is 0 Å². The summed E-state index contributed by atoms with van der Waals surface area (Å²) in [6.45, 7) is 1.90. The summed E-state index contributed by atoms with van der Waals surface area (Å²) in [6.07, 6.45) is 0. The maximum absolute atomic E-state index is 12.1. The van der Waals surface area contributed by atoms with Crippen LogP contribution in [0.3, 0.4) is 0 Å². The summed E-state index contributed by atoms with van der Waals surface area (Å²) in [6, 6.07) is 8.70. The van der Waals surface area contributed by atoms with Gasteiger partial charge < -0.3 is 11.1 Å². The Morgan fingerprint density at radius 2 is 2.11 bits per heavy atom. The molecule has 1 heterocycles. The predicted octanol–water partition coefficient (Wildman–Crippen LogP) is 3.64. The first kappa shape index (κ1) is 13.8. The fourth-order valence-corrected chi connectivity index (χ4v) is 2.08. The molecule has 4 nitrogen and oxygen atoms in total. The number of carbonyl (C=O) groups is 1. The highest BCUT2D eigenvalue weighted by Crippen LogP contribution is 2.22. The van der Waals surface area contributed by atoms with Gasteiger partial charge in [-0.25, -0.2) is 4.98 Å². The van der Waals surface area contributed by atoms with Crippen molar-refractivity contribution in [3.8, 4) is 0 Å². The van der Waals surface area contributed by atoms with Gasteiger partial charge in [0, 0.05) is 10.2 Å². The lowest BCUT2D eigenvalue weighted by atomic mass is 10.2. The average Bonchev–Trinajstić information content (AvgIpc) is 2.36. The van der Waals surface area contributed by atoms with E-state index in [1.807, 2.05) is 25.1 Å². The number of hydrogen-bond donors (Lipinski definition) is 2. The van der Waals surface area contributed by atoms with Crippen molar-refractivity contribution in [3.05, 3.63) is 51.1 Å². The number of nitrogens with zero attached hydrogens (tertiary/aromatic N) is 1. The summed E-state index contributed by atoms with van der Waals surface area (Å²) >= 11 is 9.30. The van der Waals surface area contributed by atoms with Gasteiger partial charge in [-0.1, -0.05) is 33.6 Å². The van der Waals surface area contributed by atoms with Crippen LogP contribution in [-0.4, -0.2) is 10.9 Å². The average molecular weight is 341 g/mol. The molecule has 0 saturated carbocycles. The molecule has 19 heavy (non-hydrogen) atoms. The van der Waals surface area contributed by atoms with Gasteiger partial charge in [0.2, 0.25) is 0 Å². The van der Waals surface area contributed by atoms with Crippen molar-refractivity contribution < 1.29 is 4.79 Å². The smallest absolute Gasteiger partial charge is 0.275 e. The molecule has 3 N–H and O–H groups in total. The lowest BCUT2D eigenvalue weighted by Crippen LogP contribution is -2.15. The summed E-state index contributed by atoms with van der Waals surface area (Å²) in [5.41, 5.74) is 7.30. The van der Waals surface area contributed by atoms with Crippen LogP contribution in [0.5, 0.6) is 0 Å². The minimum Gasteiger partial charge on any atom is -0.384 e. The maximum Gasteiger partial charge on any atom is 0.275 e. The third kappa shape index (κ3) is 3.24. The molecular weight excluding hydrogens is 330 g/mol. The summed E-state index contributed by atoms with van der Waals surface area (Å²) in [7, 11) is 0. The van der Waals surface area contributed by atoms with Gasteiger partial charge in [0.25, 0.3) is 5.91 Å². The predicted molar refractivity (Wildman–Crippen MR) is 80.5 cm³/mol. The highest BCUT2D eigenvalue weighted by atomic mass is 79.9. The molecule has 2 rings (SSSR count). The number of anilines is 2. The molecule has 2 aromatic rings. The number of pyridine rings is 1. The Morgan fingerprint density at radius 1 is 1.37 bits per heavy atom. The Balaban J connectivity index is 2.30. The van der Waals surface area contributed by atoms with E-state index in [-0.39, 0.29) is 16.5 Å². The zero-order valence-corrected chi connectivity index (χ0v) is 12.4. The van der Waals surface area contributed by atoms with Crippen molar-refractivity contribution in [2.24, 2.45) is 0 Å². The van der Waals surface area contributed by atoms with Gasteiger partial charge in [-0.3, -0.25) is 4.79 Å². The minimum absolute atomic E-state index is 0.112. The summed E-state index contributed by atoms with van der Waals surface area (Å²) < 4.78 is 0.875. The lowest BCUT2D eigenvalue weighted by molar-refractivity contribution is 0.102. The second-order valence-electron chi connectivity index (χ2n) is 3.98. The van der Waals surface area contributed by atoms with Gasteiger partial charge in [0.1, 0.15) is 11.5 Å². The standard InChI is InChI=1S/C13H11BrClN3O/c1-7-2-3-8(14)6-10(7)17-13(19)12-9(15)4-5-11(16)18-12/h2-6H,1H3,(H2,16,18)(H,17,19). The Bertz CT molecular complexity index is 646. The zero-order valence-electron chi connectivity index (χ0n) is 10.1. The maximum atomic E-state index is 12.1. The molecule has 0 aliphatic carbocycles. The van der Waals surface area contributed by atoms with E-state index in [4.69, 9.17) is 17.3 Å². The van der Waals surface area contributed by atoms with E-state index in [1.165, 1.54) is 0 Å². The van der Waals surface area contributed by atoms with Gasteiger partial charge in [-0.2, -0.15) is 0 Å². The quantitative estimate of drug-likeness (QED) is 0.877. The number of hydrogen-bond acceptors (Lipinski definition) is 3. The number of benzene rings is 1. The highest BCUT2D eigenvalue weighted by molar-refractivity contribution is 9.10. The van der Waals surface area contributed by atoms with Crippen LogP contribution in [0.4, 0.5) is 11.5 Å². The van der Waals surface area contributed by atoms with Gasteiger partial charge in [-0.05, 0) is 36.8 Å². The molecule has 0 aliphatic heterocycles. The van der Waals surface area contributed by atoms with Crippen LogP contribution in [0.15, 0.2) is 34.8 Å². The number of nitrogens with two attached hydrogens (primary N) is 1. The van der Waals surface area contributed by atoms with Crippen molar-refractivity contribution in [2.75, 3.05) is 11.1 Å². The van der Waals surface area contributed by atoms with E-state index in [0.29, 0.717) is 5.69 Å². The summed E-state index contributed by atoms with van der Waals surface area (Å²) in [5, 5.41) is 3.03. The number of nitrogen functional groups attached to an aromatic ring is 1. The van der Waals surface area contributed by atoms with Crippen molar-refractivity contribution in [1.82, 2.24) is 4.98 Å². The third-order valence-electron chi connectivity index (χ3n) is 2.53. The second kappa shape index (κ2) is 5.59. The van der Waals surface area contributed by atoms with Crippen molar-refractivity contribution in [2.45, 2.75) is 6.92 Å². The van der Waals surface area contributed by atoms with Crippen molar-refractivity contribution >= 4 is 44.9 Å². The Kier molecular flexibility index (Phi) is 4.07. The molecule has 0 fully saturated rings. The number of halogens is 2. The molecule has 6 heteroatoms. The van der Waals surface area contributed by atoms with Gasteiger partial charge in [-0.15, -0.1) is 0 Å². The normalized spacial score (nSPS) is 10.3. The number of nitrogens with one attached hydrogen (secondary N) is 1. The molecule has 0 bridgehead atoms. The number of rotatable bonds is 2. The first-order chi connectivity index (χ1) is 8.97. The van der Waals surface area contributed by atoms with Crippen molar-refractivity contribution in [1.29, 1.82) is 0 Å². The second-order valence-corrected chi connectivity index (χ2v) is 5.30. The van der Waals surface area contributed by atoms with Crippen LogP contribution in [0.25, 0.3) is 0 Å². The van der Waals surface area contributed by atoms with Crippen LogP contribution in [0.2, 0.25) is 5.02 Å². The molecule has 0 unspecified atom stereocenters. The number of aryl methyl sites for hydroxylation is 1. The Hall–Kier alpha value is -1.59. The Morgan fingerprint density at radius 3 is 2.84 bits per heavy atom. The van der Waals surface area contributed by atoms with E-state index < -0.39 is 5.91 Å². The van der Waals surface area contributed by atoms with Gasteiger partial charge in [0.05, 0.1) is 5.02 Å². The van der Waals surface area contributed by atoms with Crippen molar-refractivity contribution in [3.63, 3.8) is 0 Å². The first-order valence-electron chi connectivity index (χ1n) is 5.47. The summed E-state index contributed by atoms with van der Waals surface area (Å²) in [4.78, 5) is 16.1. The first-order valence-corrected chi connectivity index (χ1v) is 6.64. The topological polar surface area (TPSA) is 68.0 Å². The Labute approximate surface area is 124 Å². The molecule has 0 saturated heterocycles. The molecule has 0 aliphatic rings. The third-order valence-corrected chi connectivity index (χ3v) is 3.33. The number of aromatic nitrogens is 1. The highest BCUT2D eigenvalue weighted by Gasteiger charge is 2.14. The van der Waals surface area contributed by atoms with Gasteiger partial charge >= 0.3 is 0 Å².